The van der Waals surface area contributed by atoms with Gasteiger partial charge in [0.25, 0.3) is 5.91 Å². The summed E-state index contributed by atoms with van der Waals surface area (Å²) in [4.78, 5) is 71.9. The van der Waals surface area contributed by atoms with Crippen LogP contribution in [0.3, 0.4) is 0 Å². The molecule has 2 heterocycles. The summed E-state index contributed by atoms with van der Waals surface area (Å²) < 4.78 is 7.14. The van der Waals surface area contributed by atoms with Crippen molar-refractivity contribution in [1.29, 1.82) is 0 Å². The van der Waals surface area contributed by atoms with E-state index in [4.69, 9.17) is 5.11 Å². The second-order valence-corrected chi connectivity index (χ2v) is 10.4. The lowest BCUT2D eigenvalue weighted by atomic mass is 10.0. The molecule has 2 atom stereocenters. The molecule has 3 rings (SSSR count). The third-order valence-corrected chi connectivity index (χ3v) is 6.82. The number of rotatable bonds is 9. The molecule has 15 nitrogen and oxygen atoms in total. The molecule has 0 spiro atoms. The highest BCUT2D eigenvalue weighted by Crippen LogP contribution is 2.28. The van der Waals surface area contributed by atoms with Crippen LogP contribution in [0, 0.1) is 0 Å². The average Bonchev–Trinajstić information content (AvgIpc) is 3.16. The minimum atomic E-state index is -0.972. The lowest BCUT2D eigenvalue weighted by Crippen LogP contribution is -2.52. The molecule has 15 heteroatoms. The molecular weight excluding hydrogens is 578 g/mol. The SMILES string of the molecule is C=CCn1c(=O)n(C)c(=O)n(C)c1=O.CCC(O)CN1C(=O)N(CC(O)CC)C(C)(C)C1=O.COC(=O)c1cccc(O)c1. The first-order valence-electron chi connectivity index (χ1n) is 13.8. The molecule has 3 amide bonds. The van der Waals surface area contributed by atoms with Crippen molar-refractivity contribution in [3.8, 4) is 5.75 Å². The molecule has 0 aliphatic carbocycles. The van der Waals surface area contributed by atoms with Crippen molar-refractivity contribution in [2.75, 3.05) is 20.2 Å². The zero-order valence-electron chi connectivity index (χ0n) is 26.2. The summed E-state index contributed by atoms with van der Waals surface area (Å²) >= 11 is 0. The van der Waals surface area contributed by atoms with Gasteiger partial charge in [0.05, 0.1) is 38.0 Å². The van der Waals surface area contributed by atoms with Crippen LogP contribution in [0.5, 0.6) is 5.75 Å². The Morgan fingerprint density at radius 1 is 0.955 bits per heavy atom. The van der Waals surface area contributed by atoms with Crippen LogP contribution < -0.4 is 17.1 Å². The van der Waals surface area contributed by atoms with Crippen LogP contribution in [-0.2, 0) is 30.2 Å². The maximum absolute atomic E-state index is 12.2. The first kappa shape index (κ1) is 37.5. The number of hydrogen-bond donors (Lipinski definition) is 3. The monoisotopic (exact) mass is 621 g/mol. The normalized spacial score (nSPS) is 15.0. The number of aliphatic hydroxyl groups excluding tert-OH is 2. The quantitative estimate of drug-likeness (QED) is 0.198. The summed E-state index contributed by atoms with van der Waals surface area (Å²) in [5, 5.41) is 28.3. The van der Waals surface area contributed by atoms with E-state index in [1.54, 1.807) is 32.9 Å². The van der Waals surface area contributed by atoms with Crippen molar-refractivity contribution in [3.05, 3.63) is 73.9 Å². The maximum Gasteiger partial charge on any atom is 0.337 e. The van der Waals surface area contributed by atoms with E-state index in [0.29, 0.717) is 18.4 Å². The lowest BCUT2D eigenvalue weighted by Gasteiger charge is -2.29. The second kappa shape index (κ2) is 16.4. The Kier molecular flexibility index (Phi) is 14.0. The number of nitrogens with zero attached hydrogens (tertiary/aromatic N) is 5. The number of allylic oxidation sites excluding steroid dienone is 1. The maximum atomic E-state index is 12.2. The van der Waals surface area contributed by atoms with Crippen LogP contribution in [0.25, 0.3) is 0 Å². The van der Waals surface area contributed by atoms with Gasteiger partial charge in [-0.3, -0.25) is 9.69 Å². The van der Waals surface area contributed by atoms with Crippen molar-refractivity contribution < 1.29 is 34.4 Å². The molecule has 1 aromatic carbocycles. The molecule has 0 bridgehead atoms. The van der Waals surface area contributed by atoms with Crippen molar-refractivity contribution >= 4 is 17.9 Å². The average molecular weight is 622 g/mol. The van der Waals surface area contributed by atoms with E-state index < -0.39 is 46.8 Å². The number of ether oxygens (including phenoxy) is 1. The van der Waals surface area contributed by atoms with Crippen LogP contribution in [-0.4, -0.2) is 94.7 Å². The molecule has 2 unspecified atom stereocenters. The van der Waals surface area contributed by atoms with Gasteiger partial charge in [-0.15, -0.1) is 6.58 Å². The predicted molar refractivity (Wildman–Crippen MR) is 161 cm³/mol. The third-order valence-electron chi connectivity index (χ3n) is 6.82. The Balaban J connectivity index is 0.000000343. The number of hydrogen-bond acceptors (Lipinski definition) is 10. The van der Waals surface area contributed by atoms with Gasteiger partial charge in [0.2, 0.25) is 0 Å². The molecule has 1 aliphatic rings. The second-order valence-electron chi connectivity index (χ2n) is 10.4. The van der Waals surface area contributed by atoms with Crippen LogP contribution in [0.15, 0.2) is 51.3 Å². The fraction of sp³-hybridized carbons (Fsp3) is 0.517. The van der Waals surface area contributed by atoms with Gasteiger partial charge in [-0.05, 0) is 44.9 Å². The number of esters is 1. The lowest BCUT2D eigenvalue weighted by molar-refractivity contribution is -0.133. The number of aliphatic hydroxyl groups is 2. The first-order valence-corrected chi connectivity index (χ1v) is 13.8. The molecule has 1 aliphatic heterocycles. The zero-order valence-corrected chi connectivity index (χ0v) is 26.2. The topological polar surface area (TPSA) is 194 Å². The summed E-state index contributed by atoms with van der Waals surface area (Å²) in [5.74, 6) is -0.706. The van der Waals surface area contributed by atoms with Crippen LogP contribution in [0.4, 0.5) is 4.79 Å². The van der Waals surface area contributed by atoms with Gasteiger partial charge in [0, 0.05) is 20.6 Å². The highest BCUT2D eigenvalue weighted by Gasteiger charge is 2.51. The number of urea groups is 1. The van der Waals surface area contributed by atoms with Gasteiger partial charge in [0.1, 0.15) is 11.3 Å². The van der Waals surface area contributed by atoms with Crippen LogP contribution in [0.2, 0.25) is 0 Å². The van der Waals surface area contributed by atoms with E-state index in [1.165, 1.54) is 44.3 Å². The van der Waals surface area contributed by atoms with Gasteiger partial charge in [-0.25, -0.2) is 37.7 Å². The van der Waals surface area contributed by atoms with Gasteiger partial charge in [0.15, 0.2) is 0 Å². The standard InChI is InChI=1S/C13H24N2O4.C8H11N3O3.C8H8O3/c1-5-9(16)7-14-11(18)13(3,4)15(12(14)19)8-10(17)6-2;1-4-5-11-7(13)9(2)6(12)10(3)8(11)14;1-11-8(10)6-3-2-4-7(9)5-6/h9-10,16-17H,5-8H2,1-4H3;4H,1,5H2,2-3H3;2-5,9H,1H3. The van der Waals surface area contributed by atoms with Crippen LogP contribution >= 0.6 is 0 Å². The van der Waals surface area contributed by atoms with Crippen molar-refractivity contribution in [1.82, 2.24) is 23.5 Å². The molecule has 1 saturated heterocycles. The number of carbonyl (C=O) groups is 3. The Morgan fingerprint density at radius 2 is 1.48 bits per heavy atom. The molecule has 0 saturated carbocycles. The van der Waals surface area contributed by atoms with Crippen molar-refractivity contribution in [3.63, 3.8) is 0 Å². The van der Waals surface area contributed by atoms with E-state index in [0.717, 1.165) is 18.6 Å². The Labute approximate surface area is 254 Å². The van der Waals surface area contributed by atoms with Crippen molar-refractivity contribution in [2.24, 2.45) is 14.1 Å². The number of methoxy groups -OCH3 is 1. The fourth-order valence-electron chi connectivity index (χ4n) is 3.93. The molecule has 1 aromatic heterocycles. The predicted octanol–water partition coefficient (Wildman–Crippen LogP) is 0.182. The number of amides is 3. The minimum absolute atomic E-state index is 0.0102. The van der Waals surface area contributed by atoms with E-state index >= 15 is 0 Å². The number of benzene rings is 1. The largest absolute Gasteiger partial charge is 0.508 e. The Bertz CT molecular complexity index is 1470. The highest BCUT2D eigenvalue weighted by atomic mass is 16.5. The summed E-state index contributed by atoms with van der Waals surface area (Å²) in [5.41, 5.74) is -2.50. The Morgan fingerprint density at radius 3 is 1.93 bits per heavy atom. The summed E-state index contributed by atoms with van der Waals surface area (Å²) in [7, 11) is 3.94. The number of carbonyl (C=O) groups excluding carboxylic acids is 3. The van der Waals surface area contributed by atoms with Gasteiger partial charge < -0.3 is 25.0 Å². The van der Waals surface area contributed by atoms with E-state index in [2.05, 4.69) is 11.3 Å². The Hall–Kier alpha value is -4.50. The number of aromatic nitrogens is 3. The van der Waals surface area contributed by atoms with E-state index in [1.807, 2.05) is 6.92 Å². The first-order chi connectivity index (χ1) is 20.5. The third kappa shape index (κ3) is 9.00. The molecular formula is C29H43N5O10. The molecule has 44 heavy (non-hydrogen) atoms. The number of β-amino-alcohol motifs (C(OH)–C–C–N with tert-alkyl or cyclic N) is 2. The van der Waals surface area contributed by atoms with Crippen LogP contribution in [0.1, 0.15) is 50.9 Å². The summed E-state index contributed by atoms with van der Waals surface area (Å²) in [6, 6.07) is 5.57. The highest BCUT2D eigenvalue weighted by molar-refractivity contribution is 6.06. The van der Waals surface area contributed by atoms with Gasteiger partial charge in [-0.2, -0.15) is 0 Å². The number of aromatic hydroxyl groups is 1. The molecule has 2 aromatic rings. The number of phenols is 1. The molecule has 3 N–H and O–H groups in total. The summed E-state index contributed by atoms with van der Waals surface area (Å²) in [6.45, 7) is 10.6. The van der Waals surface area contributed by atoms with Gasteiger partial charge >= 0.3 is 29.1 Å². The molecule has 1 fully saturated rings. The number of imide groups is 1. The molecule has 244 valence electrons. The minimum Gasteiger partial charge on any atom is -0.508 e. The van der Waals surface area contributed by atoms with Gasteiger partial charge in [-0.1, -0.05) is 26.0 Å². The van der Waals surface area contributed by atoms with Crippen molar-refractivity contribution in [2.45, 2.75) is 64.8 Å². The zero-order chi connectivity index (χ0) is 33.9. The van der Waals surface area contributed by atoms with E-state index in [9.17, 15) is 39.0 Å². The van der Waals surface area contributed by atoms with E-state index in [-0.39, 0.29) is 31.3 Å². The smallest absolute Gasteiger partial charge is 0.337 e. The number of phenolic OH excluding ortho intramolecular Hbond substituents is 1. The molecule has 0 radical (unpaired) electrons. The fourth-order valence-corrected chi connectivity index (χ4v) is 3.93. The summed E-state index contributed by atoms with van der Waals surface area (Å²) in [6.07, 6.45) is 1.07.